The minimum absolute atomic E-state index is 0.998. The number of aryl methyl sites for hydroxylation is 2. The number of aromatic nitrogens is 2. The van der Waals surface area contributed by atoms with Crippen LogP contribution in [-0.4, -0.2) is 16.7 Å². The first kappa shape index (κ1) is 7.28. The summed E-state index contributed by atoms with van der Waals surface area (Å²) >= 11 is 0. The van der Waals surface area contributed by atoms with Crippen LogP contribution >= 0.6 is 0 Å². The van der Waals surface area contributed by atoms with Crippen molar-refractivity contribution in [3.8, 4) is 0 Å². The van der Waals surface area contributed by atoms with E-state index in [1.165, 1.54) is 5.69 Å². The van der Waals surface area contributed by atoms with Gasteiger partial charge in [0.1, 0.15) is 0 Å². The van der Waals surface area contributed by atoms with Gasteiger partial charge < -0.3 is 0 Å². The fourth-order valence-corrected chi connectivity index (χ4v) is 1.11. The smallest absolute Gasteiger partial charge is 0.158 e. The number of rotatable bonds is 2. The fourth-order valence-electron chi connectivity index (χ4n) is 1.11. The van der Waals surface area contributed by atoms with Gasteiger partial charge in [-0.15, -0.1) is 0 Å². The molecule has 0 atom stereocenters. The van der Waals surface area contributed by atoms with Crippen LogP contribution < -0.4 is 5.43 Å². The number of quaternary nitrogens is 1. The molecule has 0 saturated carbocycles. The second kappa shape index (κ2) is 2.84. The minimum atomic E-state index is 0.998. The van der Waals surface area contributed by atoms with Crippen LogP contribution in [0.5, 0.6) is 0 Å². The Kier molecular flexibility index (Phi) is 2.06. The molecule has 1 rings (SSSR count). The first-order chi connectivity index (χ1) is 4.79. The maximum Gasteiger partial charge on any atom is 0.158 e. The molecule has 2 N–H and O–H groups in total. The van der Waals surface area contributed by atoms with Crippen molar-refractivity contribution in [1.82, 2.24) is 9.66 Å². The van der Waals surface area contributed by atoms with Crippen molar-refractivity contribution in [2.24, 2.45) is 0 Å². The van der Waals surface area contributed by atoms with Crippen molar-refractivity contribution in [3.05, 3.63) is 17.7 Å². The van der Waals surface area contributed by atoms with E-state index in [-0.39, 0.29) is 0 Å². The first-order valence-electron chi connectivity index (χ1n) is 3.61. The van der Waals surface area contributed by atoms with Gasteiger partial charge in [0.05, 0.1) is 18.9 Å². The van der Waals surface area contributed by atoms with E-state index in [1.807, 2.05) is 18.7 Å². The summed E-state index contributed by atoms with van der Waals surface area (Å²) < 4.78 is 2.11. The lowest BCUT2D eigenvalue weighted by molar-refractivity contribution is -0.686. The van der Waals surface area contributed by atoms with Gasteiger partial charge >= 0.3 is 0 Å². The van der Waals surface area contributed by atoms with E-state index in [0.717, 1.165) is 12.2 Å². The molecule has 1 aromatic heterocycles. The molecule has 0 saturated heterocycles. The second-order valence-corrected chi connectivity index (χ2v) is 2.30. The van der Waals surface area contributed by atoms with Crippen molar-refractivity contribution in [2.75, 3.05) is 7.05 Å². The monoisotopic (exact) mass is 140 g/mol. The fraction of sp³-hybridized carbons (Fsp3) is 0.571. The summed E-state index contributed by atoms with van der Waals surface area (Å²) in [5.41, 5.74) is 3.25. The van der Waals surface area contributed by atoms with Gasteiger partial charge in [-0.05, 0) is 6.92 Å². The van der Waals surface area contributed by atoms with Crippen LogP contribution in [0.1, 0.15) is 18.4 Å². The predicted octanol–water partition coefficient (Wildman–Crippen LogP) is -0.290. The molecule has 3 heteroatoms. The number of nitrogens with two attached hydrogens (primary N) is 1. The maximum absolute atomic E-state index is 4.24. The molecule has 0 unspecified atom stereocenters. The lowest BCUT2D eigenvalue weighted by atomic mass is 10.5. The van der Waals surface area contributed by atoms with Crippen LogP contribution in [0.3, 0.4) is 0 Å². The van der Waals surface area contributed by atoms with Gasteiger partial charge in [-0.3, -0.25) is 0 Å². The van der Waals surface area contributed by atoms with Gasteiger partial charge in [-0.25, -0.2) is 10.4 Å². The van der Waals surface area contributed by atoms with E-state index < -0.39 is 0 Å². The summed E-state index contributed by atoms with van der Waals surface area (Å²) in [4.78, 5) is 4.24. The molecule has 0 aliphatic heterocycles. The zero-order valence-corrected chi connectivity index (χ0v) is 6.76. The topological polar surface area (TPSA) is 34.4 Å². The molecule has 0 aromatic carbocycles. The molecular weight excluding hydrogens is 126 g/mol. The Morgan fingerprint density at radius 3 is 2.80 bits per heavy atom. The van der Waals surface area contributed by atoms with E-state index in [1.54, 1.807) is 0 Å². The highest BCUT2D eigenvalue weighted by atomic mass is 15.4. The molecule has 0 radical (unpaired) electrons. The van der Waals surface area contributed by atoms with E-state index in [9.17, 15) is 0 Å². The Labute approximate surface area is 61.0 Å². The van der Waals surface area contributed by atoms with Crippen molar-refractivity contribution in [3.63, 3.8) is 0 Å². The predicted molar refractivity (Wildman–Crippen MR) is 39.6 cm³/mol. The molecule has 0 spiro atoms. The highest BCUT2D eigenvalue weighted by molar-refractivity contribution is 4.99. The van der Waals surface area contributed by atoms with Crippen molar-refractivity contribution < 1.29 is 5.43 Å². The van der Waals surface area contributed by atoms with E-state index >= 15 is 0 Å². The number of hydrogen-bond acceptors (Lipinski definition) is 1. The van der Waals surface area contributed by atoms with Gasteiger partial charge in [0.15, 0.2) is 5.82 Å². The van der Waals surface area contributed by atoms with E-state index in [0.29, 0.717) is 0 Å². The Hall–Kier alpha value is -0.830. The van der Waals surface area contributed by atoms with Crippen molar-refractivity contribution >= 4 is 0 Å². The quantitative estimate of drug-likeness (QED) is 0.563. The summed E-state index contributed by atoms with van der Waals surface area (Å²) in [6, 6.07) is 0. The Bertz CT molecular complexity index is 215. The Morgan fingerprint density at radius 1 is 1.70 bits per heavy atom. The Morgan fingerprint density at radius 2 is 2.40 bits per heavy atom. The molecule has 0 aliphatic carbocycles. The number of imidazole rings is 1. The lowest BCUT2D eigenvalue weighted by Crippen LogP contribution is -2.84. The minimum Gasteiger partial charge on any atom is -0.240 e. The first-order valence-corrected chi connectivity index (χ1v) is 3.61. The van der Waals surface area contributed by atoms with Crippen LogP contribution in [0.25, 0.3) is 0 Å². The third kappa shape index (κ3) is 1.04. The highest BCUT2D eigenvalue weighted by Crippen LogP contribution is 1.97. The van der Waals surface area contributed by atoms with Crippen LogP contribution in [0.15, 0.2) is 6.20 Å². The van der Waals surface area contributed by atoms with Gasteiger partial charge in [-0.2, -0.15) is 4.68 Å². The van der Waals surface area contributed by atoms with Gasteiger partial charge in [0.2, 0.25) is 0 Å². The third-order valence-electron chi connectivity index (χ3n) is 1.63. The van der Waals surface area contributed by atoms with Gasteiger partial charge in [0.25, 0.3) is 0 Å². The zero-order valence-electron chi connectivity index (χ0n) is 6.76. The zero-order chi connectivity index (χ0) is 7.56. The molecule has 3 nitrogen and oxygen atoms in total. The molecule has 0 fully saturated rings. The van der Waals surface area contributed by atoms with Crippen molar-refractivity contribution in [1.29, 1.82) is 0 Å². The van der Waals surface area contributed by atoms with Crippen LogP contribution in [0, 0.1) is 6.92 Å². The molecule has 10 heavy (non-hydrogen) atoms. The SMILES string of the molecule is CCc1ncc(C)n1[NH2+]C. The largest absolute Gasteiger partial charge is 0.240 e. The summed E-state index contributed by atoms with van der Waals surface area (Å²) in [6.45, 7) is 4.17. The average Bonchev–Trinajstić information content (AvgIpc) is 2.30. The van der Waals surface area contributed by atoms with Crippen LogP contribution in [0.2, 0.25) is 0 Å². The van der Waals surface area contributed by atoms with Crippen LogP contribution in [-0.2, 0) is 6.42 Å². The van der Waals surface area contributed by atoms with E-state index in [2.05, 4.69) is 23.5 Å². The van der Waals surface area contributed by atoms with Gasteiger partial charge in [-0.1, -0.05) is 6.92 Å². The average molecular weight is 140 g/mol. The molecule has 0 amide bonds. The lowest BCUT2D eigenvalue weighted by Gasteiger charge is -2.00. The highest BCUT2D eigenvalue weighted by Gasteiger charge is 2.03. The second-order valence-electron chi connectivity index (χ2n) is 2.30. The number of hydrogen-bond donors (Lipinski definition) is 1. The third-order valence-corrected chi connectivity index (χ3v) is 1.63. The maximum atomic E-state index is 4.24. The van der Waals surface area contributed by atoms with Crippen LogP contribution in [0.4, 0.5) is 0 Å². The number of nitrogens with zero attached hydrogens (tertiary/aromatic N) is 2. The van der Waals surface area contributed by atoms with E-state index in [4.69, 9.17) is 0 Å². The van der Waals surface area contributed by atoms with Gasteiger partial charge in [0, 0.05) is 6.42 Å². The molecule has 56 valence electrons. The summed E-state index contributed by atoms with van der Waals surface area (Å²) in [5, 5.41) is 0. The molecular formula is C7H14N3+. The summed E-state index contributed by atoms with van der Waals surface area (Å²) in [5.74, 6) is 1.14. The molecule has 0 aliphatic rings. The summed E-state index contributed by atoms with van der Waals surface area (Å²) in [6.07, 6.45) is 2.90. The Balaban J connectivity index is 3.01. The molecule has 0 bridgehead atoms. The normalized spacial score (nSPS) is 10.3. The summed E-state index contributed by atoms with van der Waals surface area (Å²) in [7, 11) is 2.02. The van der Waals surface area contributed by atoms with Crippen molar-refractivity contribution in [2.45, 2.75) is 20.3 Å². The molecule has 1 aromatic rings. The standard InChI is InChI=1S/C7H13N3/c1-4-7-9-5-6(2)10(7)8-3/h5,8H,4H2,1-3H3/p+1. The molecule has 1 heterocycles.